The average Bonchev–Trinajstić information content (AvgIpc) is 1.94. The van der Waals surface area contributed by atoms with E-state index in [4.69, 9.17) is 10.8 Å². The highest BCUT2D eigenvalue weighted by Gasteiger charge is 2.21. The quantitative estimate of drug-likeness (QED) is 0.393. The van der Waals surface area contributed by atoms with E-state index in [9.17, 15) is 18.0 Å². The van der Waals surface area contributed by atoms with Crippen molar-refractivity contribution in [1.82, 2.24) is 4.72 Å². The maximum absolute atomic E-state index is 10.5. The van der Waals surface area contributed by atoms with Gasteiger partial charge < -0.3 is 10.8 Å². The van der Waals surface area contributed by atoms with Crippen molar-refractivity contribution in [1.29, 1.82) is 0 Å². The van der Waals surface area contributed by atoms with Gasteiger partial charge in [-0.15, -0.1) is 0 Å². The van der Waals surface area contributed by atoms with E-state index in [1.807, 2.05) is 0 Å². The first kappa shape index (κ1) is 12.8. The van der Waals surface area contributed by atoms with Crippen molar-refractivity contribution in [2.75, 3.05) is 0 Å². The summed E-state index contributed by atoms with van der Waals surface area (Å²) in [6, 6.07) is -1.43. The predicted octanol–water partition coefficient (Wildman–Crippen LogP) is -2.50. The molecule has 0 spiro atoms. The summed E-state index contributed by atoms with van der Waals surface area (Å²) in [6.45, 7) is 0. The highest BCUT2D eigenvalue weighted by atomic mass is 32.2. The van der Waals surface area contributed by atoms with Gasteiger partial charge in [0.25, 0.3) is 10.2 Å². The van der Waals surface area contributed by atoms with Crippen LogP contribution >= 0.6 is 0 Å². The molecular formula is C5H11N3O5S. The molecule has 0 heterocycles. The molecule has 9 heteroatoms. The van der Waals surface area contributed by atoms with Crippen molar-refractivity contribution >= 4 is 22.1 Å². The fraction of sp³-hybridized carbons (Fsp3) is 0.600. The van der Waals surface area contributed by atoms with Crippen LogP contribution in [0.15, 0.2) is 0 Å². The van der Waals surface area contributed by atoms with E-state index in [2.05, 4.69) is 5.14 Å². The van der Waals surface area contributed by atoms with Crippen molar-refractivity contribution < 1.29 is 23.1 Å². The van der Waals surface area contributed by atoms with Crippen LogP contribution in [0.2, 0.25) is 0 Å². The van der Waals surface area contributed by atoms with E-state index >= 15 is 0 Å². The van der Waals surface area contributed by atoms with Crippen LogP contribution in [0.5, 0.6) is 0 Å². The molecule has 1 unspecified atom stereocenters. The fourth-order valence-electron chi connectivity index (χ4n) is 0.718. The lowest BCUT2D eigenvalue weighted by molar-refractivity contribution is -0.139. The standard InChI is InChI=1S/C5H11N3O5S/c6-4(9)2-1-3(5(10)11)8-14(7,12)13/h3,8H,1-2H2,(H2,6,9)(H,10,11)(H2,7,12,13). The van der Waals surface area contributed by atoms with Crippen LogP contribution in [0.4, 0.5) is 0 Å². The van der Waals surface area contributed by atoms with Crippen LogP contribution in [0.3, 0.4) is 0 Å². The summed E-state index contributed by atoms with van der Waals surface area (Å²) < 4.78 is 22.6. The molecule has 8 nitrogen and oxygen atoms in total. The third kappa shape index (κ3) is 6.34. The molecule has 0 aliphatic heterocycles. The lowest BCUT2D eigenvalue weighted by Gasteiger charge is -2.10. The largest absolute Gasteiger partial charge is 0.480 e. The lowest BCUT2D eigenvalue weighted by Crippen LogP contribution is -2.44. The number of nitrogens with one attached hydrogen (secondary N) is 1. The van der Waals surface area contributed by atoms with E-state index in [0.717, 1.165) is 0 Å². The van der Waals surface area contributed by atoms with Gasteiger partial charge in [0.15, 0.2) is 0 Å². The highest BCUT2D eigenvalue weighted by molar-refractivity contribution is 7.87. The number of amides is 1. The fourth-order valence-corrected chi connectivity index (χ4v) is 1.33. The van der Waals surface area contributed by atoms with E-state index in [1.165, 1.54) is 0 Å². The third-order valence-corrected chi connectivity index (χ3v) is 1.90. The average molecular weight is 225 g/mol. The van der Waals surface area contributed by atoms with Gasteiger partial charge >= 0.3 is 5.97 Å². The Kier molecular flexibility index (Phi) is 4.47. The third-order valence-electron chi connectivity index (χ3n) is 1.28. The number of nitrogens with two attached hydrogens (primary N) is 2. The summed E-state index contributed by atoms with van der Waals surface area (Å²) in [5.74, 6) is -2.13. The Morgan fingerprint density at radius 1 is 1.43 bits per heavy atom. The monoisotopic (exact) mass is 225 g/mol. The van der Waals surface area contributed by atoms with E-state index in [-0.39, 0.29) is 12.8 Å². The molecule has 0 radical (unpaired) electrons. The van der Waals surface area contributed by atoms with Gasteiger partial charge in [0.05, 0.1) is 0 Å². The van der Waals surface area contributed by atoms with Gasteiger partial charge in [-0.3, -0.25) is 9.59 Å². The maximum atomic E-state index is 10.5. The molecule has 0 aromatic carbocycles. The normalized spacial score (nSPS) is 13.5. The van der Waals surface area contributed by atoms with Gasteiger partial charge in [-0.25, -0.2) is 5.14 Å². The smallest absolute Gasteiger partial charge is 0.321 e. The Bertz CT molecular complexity index is 324. The number of carboxylic acids is 1. The molecule has 0 saturated heterocycles. The Labute approximate surface area is 80.4 Å². The zero-order valence-electron chi connectivity index (χ0n) is 7.13. The molecule has 6 N–H and O–H groups in total. The number of carbonyl (C=O) groups excluding carboxylic acids is 1. The molecule has 0 rings (SSSR count). The number of rotatable bonds is 6. The van der Waals surface area contributed by atoms with Crippen molar-refractivity contribution in [2.45, 2.75) is 18.9 Å². The molecule has 0 aromatic rings. The van der Waals surface area contributed by atoms with Crippen molar-refractivity contribution in [3.63, 3.8) is 0 Å². The first-order valence-corrected chi connectivity index (χ1v) is 5.08. The zero-order valence-corrected chi connectivity index (χ0v) is 7.95. The van der Waals surface area contributed by atoms with Gasteiger partial charge in [0.2, 0.25) is 5.91 Å². The Balaban J connectivity index is 4.32. The molecule has 0 fully saturated rings. The van der Waals surface area contributed by atoms with E-state index < -0.39 is 28.1 Å². The summed E-state index contributed by atoms with van der Waals surface area (Å²) in [6.07, 6.45) is -0.472. The molecular weight excluding hydrogens is 214 g/mol. The van der Waals surface area contributed by atoms with Crippen LogP contribution in [0.1, 0.15) is 12.8 Å². The van der Waals surface area contributed by atoms with Gasteiger partial charge in [-0.2, -0.15) is 13.1 Å². The zero-order chi connectivity index (χ0) is 11.4. The number of aliphatic carboxylic acids is 1. The minimum absolute atomic E-state index is 0.235. The molecule has 1 amide bonds. The summed E-state index contributed by atoms with van der Waals surface area (Å²) in [5.41, 5.74) is 4.76. The molecule has 0 bridgehead atoms. The Morgan fingerprint density at radius 2 is 1.93 bits per heavy atom. The molecule has 14 heavy (non-hydrogen) atoms. The van der Waals surface area contributed by atoms with Gasteiger partial charge in [0, 0.05) is 6.42 Å². The number of carbonyl (C=O) groups is 2. The molecule has 0 aliphatic carbocycles. The van der Waals surface area contributed by atoms with Crippen LogP contribution in [0.25, 0.3) is 0 Å². The second kappa shape index (κ2) is 4.88. The summed E-state index contributed by atoms with van der Waals surface area (Å²) in [7, 11) is -4.10. The van der Waals surface area contributed by atoms with Crippen molar-refractivity contribution in [3.05, 3.63) is 0 Å². The second-order valence-corrected chi connectivity index (χ2v) is 3.88. The van der Waals surface area contributed by atoms with Crippen LogP contribution in [-0.2, 0) is 19.8 Å². The molecule has 1 atom stereocenters. The Hall–Kier alpha value is -1.19. The van der Waals surface area contributed by atoms with E-state index in [1.54, 1.807) is 4.72 Å². The van der Waals surface area contributed by atoms with E-state index in [0.29, 0.717) is 0 Å². The first-order valence-electron chi connectivity index (χ1n) is 3.53. The number of primary amides is 1. The topological polar surface area (TPSA) is 153 Å². The minimum atomic E-state index is -4.10. The minimum Gasteiger partial charge on any atom is -0.480 e. The molecule has 0 saturated carbocycles. The van der Waals surface area contributed by atoms with Gasteiger partial charge in [0.1, 0.15) is 6.04 Å². The number of hydrogen-bond donors (Lipinski definition) is 4. The SMILES string of the molecule is NC(=O)CCC(NS(N)(=O)=O)C(=O)O. The van der Waals surface area contributed by atoms with Gasteiger partial charge in [-0.1, -0.05) is 0 Å². The maximum Gasteiger partial charge on any atom is 0.321 e. The number of carboxylic acid groups (broad SMARTS) is 1. The highest BCUT2D eigenvalue weighted by Crippen LogP contribution is 1.97. The molecule has 0 aliphatic rings. The second-order valence-electron chi connectivity index (χ2n) is 2.56. The molecule has 0 aromatic heterocycles. The summed E-state index contributed by atoms with van der Waals surface area (Å²) in [5, 5.41) is 13.1. The number of hydrogen-bond acceptors (Lipinski definition) is 4. The van der Waals surface area contributed by atoms with Crippen molar-refractivity contribution in [3.8, 4) is 0 Å². The van der Waals surface area contributed by atoms with Gasteiger partial charge in [-0.05, 0) is 6.42 Å². The van der Waals surface area contributed by atoms with Crippen LogP contribution in [0, 0.1) is 0 Å². The van der Waals surface area contributed by atoms with Crippen LogP contribution in [-0.4, -0.2) is 31.4 Å². The van der Waals surface area contributed by atoms with Crippen LogP contribution < -0.4 is 15.6 Å². The molecule has 82 valence electrons. The summed E-state index contributed by atoms with van der Waals surface area (Å²) >= 11 is 0. The van der Waals surface area contributed by atoms with Crippen molar-refractivity contribution in [2.24, 2.45) is 10.9 Å². The lowest BCUT2D eigenvalue weighted by atomic mass is 10.2. The first-order chi connectivity index (χ1) is 6.22. The predicted molar refractivity (Wildman–Crippen MR) is 46.1 cm³/mol. The summed E-state index contributed by atoms with van der Waals surface area (Å²) in [4.78, 5) is 20.8. The Morgan fingerprint density at radius 3 is 2.21 bits per heavy atom.